The van der Waals surface area contributed by atoms with E-state index >= 15 is 0 Å². The highest BCUT2D eigenvalue weighted by Gasteiger charge is 2.15. The number of nitrogens with two attached hydrogens (primary N) is 1. The van der Waals surface area contributed by atoms with Gasteiger partial charge in [0.1, 0.15) is 7.38 Å². The summed E-state index contributed by atoms with van der Waals surface area (Å²) in [6.45, 7) is 5.34. The highest BCUT2D eigenvalue weighted by molar-refractivity contribution is 7.19. The number of rotatable bonds is 11. The molecular weight excluding hydrogens is 234 g/mol. The van der Waals surface area contributed by atoms with Crippen LogP contribution in [0.5, 0.6) is 0 Å². The van der Waals surface area contributed by atoms with Gasteiger partial charge in [0.05, 0.1) is 0 Å². The van der Waals surface area contributed by atoms with Crippen LogP contribution < -0.4 is 5.73 Å². The van der Waals surface area contributed by atoms with Crippen molar-refractivity contribution in [3.8, 4) is 0 Å². The van der Waals surface area contributed by atoms with Crippen LogP contribution >= 0.6 is 11.1 Å². The topological polar surface area (TPSA) is 26.0 Å². The molecule has 0 amide bonds. The highest BCUT2D eigenvalue weighted by atomic mass is 35.6. The Kier molecular flexibility index (Phi) is 10.9. The zero-order chi connectivity index (χ0) is 12.3. The molecule has 0 heterocycles. The van der Waals surface area contributed by atoms with Gasteiger partial charge in [-0.05, 0) is 19.0 Å². The summed E-state index contributed by atoms with van der Waals surface area (Å²) in [6.07, 6.45) is 12.2. The Morgan fingerprint density at radius 2 is 1.12 bits per heavy atom. The first-order valence-corrected chi connectivity index (χ1v) is 11.2. The average molecular weight is 264 g/mol. The second-order valence-electron chi connectivity index (χ2n) is 5.44. The second kappa shape index (κ2) is 10.6. The molecule has 0 aliphatic heterocycles. The molecule has 0 atom stereocenters. The lowest BCUT2D eigenvalue weighted by Crippen LogP contribution is -2.14. The van der Waals surface area contributed by atoms with Crippen LogP contribution in [0.4, 0.5) is 0 Å². The smallest absolute Gasteiger partial charge is 0.150 e. The molecule has 0 radical (unpaired) electrons. The zero-order valence-electron chi connectivity index (χ0n) is 11.2. The Morgan fingerprint density at radius 1 is 0.750 bits per heavy atom. The molecule has 0 saturated heterocycles. The van der Waals surface area contributed by atoms with E-state index in [1.165, 1.54) is 63.8 Å². The maximum absolute atomic E-state index is 6.27. The van der Waals surface area contributed by atoms with Crippen LogP contribution in [0.3, 0.4) is 0 Å². The lowest BCUT2D eigenvalue weighted by atomic mass is 10.1. The molecule has 16 heavy (non-hydrogen) atoms. The third-order valence-corrected chi connectivity index (χ3v) is 5.08. The van der Waals surface area contributed by atoms with Crippen molar-refractivity contribution in [1.82, 2.24) is 0 Å². The van der Waals surface area contributed by atoms with Gasteiger partial charge in [-0.2, -0.15) is 11.1 Å². The summed E-state index contributed by atoms with van der Waals surface area (Å²) in [5, 5.41) is 0. The first-order valence-electron chi connectivity index (χ1n) is 6.95. The van der Waals surface area contributed by atoms with E-state index < -0.39 is 7.38 Å². The first-order chi connectivity index (χ1) is 7.56. The van der Waals surface area contributed by atoms with Crippen molar-refractivity contribution in [3.63, 3.8) is 0 Å². The highest BCUT2D eigenvalue weighted by Crippen LogP contribution is 2.19. The van der Waals surface area contributed by atoms with E-state index in [-0.39, 0.29) is 0 Å². The quantitative estimate of drug-likeness (QED) is 0.320. The minimum Gasteiger partial charge on any atom is -0.330 e. The fourth-order valence-electron chi connectivity index (χ4n) is 1.93. The Bertz CT molecular complexity index is 145. The van der Waals surface area contributed by atoms with Gasteiger partial charge in [-0.15, -0.1) is 0 Å². The molecule has 0 aliphatic carbocycles. The fraction of sp³-hybridized carbons (Fsp3) is 1.00. The summed E-state index contributed by atoms with van der Waals surface area (Å²) in [5.41, 5.74) is 5.45. The standard InChI is InChI=1S/C13H30ClNSi/c1-16(2,14)13-11-9-7-5-3-4-6-8-10-12-15/h3-13,15H2,1-2H3. The van der Waals surface area contributed by atoms with E-state index in [1.807, 2.05) is 0 Å². The molecule has 3 heteroatoms. The Labute approximate surface area is 108 Å². The van der Waals surface area contributed by atoms with Crippen LogP contribution in [-0.2, 0) is 0 Å². The van der Waals surface area contributed by atoms with Gasteiger partial charge >= 0.3 is 0 Å². The molecule has 0 aliphatic rings. The Hall–Kier alpha value is 0.467. The third-order valence-electron chi connectivity index (χ3n) is 2.98. The van der Waals surface area contributed by atoms with Gasteiger partial charge in [0.2, 0.25) is 0 Å². The Balaban J connectivity index is 2.99. The minimum absolute atomic E-state index is 0.859. The van der Waals surface area contributed by atoms with Gasteiger partial charge in [0.15, 0.2) is 0 Å². The van der Waals surface area contributed by atoms with Gasteiger partial charge in [0.25, 0.3) is 0 Å². The van der Waals surface area contributed by atoms with Gasteiger partial charge < -0.3 is 5.73 Å². The van der Waals surface area contributed by atoms with E-state index in [0.717, 1.165) is 6.54 Å². The molecule has 98 valence electrons. The van der Waals surface area contributed by atoms with E-state index in [2.05, 4.69) is 13.1 Å². The van der Waals surface area contributed by atoms with E-state index in [0.29, 0.717) is 0 Å². The minimum atomic E-state index is -1.29. The maximum atomic E-state index is 6.27. The molecular formula is C13H30ClNSi. The summed E-state index contributed by atoms with van der Waals surface area (Å²) >= 11 is 6.27. The van der Waals surface area contributed by atoms with Gasteiger partial charge in [-0.25, -0.2) is 0 Å². The summed E-state index contributed by atoms with van der Waals surface area (Å²) in [5.74, 6) is 0. The van der Waals surface area contributed by atoms with Crippen LogP contribution in [0, 0.1) is 0 Å². The van der Waals surface area contributed by atoms with Crippen molar-refractivity contribution in [3.05, 3.63) is 0 Å². The van der Waals surface area contributed by atoms with Crippen LogP contribution in [0.2, 0.25) is 19.1 Å². The van der Waals surface area contributed by atoms with Crippen LogP contribution in [0.1, 0.15) is 57.8 Å². The molecule has 0 aromatic rings. The van der Waals surface area contributed by atoms with Crippen LogP contribution in [0.15, 0.2) is 0 Å². The molecule has 0 saturated carbocycles. The van der Waals surface area contributed by atoms with Gasteiger partial charge in [0, 0.05) is 0 Å². The van der Waals surface area contributed by atoms with Crippen molar-refractivity contribution in [2.75, 3.05) is 6.54 Å². The predicted octanol–water partition coefficient (Wildman–Crippen LogP) is 4.90. The zero-order valence-corrected chi connectivity index (χ0v) is 13.0. The summed E-state index contributed by atoms with van der Waals surface area (Å²) in [4.78, 5) is 0. The number of hydrogen-bond acceptors (Lipinski definition) is 1. The monoisotopic (exact) mass is 263 g/mol. The molecule has 2 N–H and O–H groups in total. The third kappa shape index (κ3) is 14.5. The number of hydrogen-bond donors (Lipinski definition) is 1. The molecule has 0 aromatic carbocycles. The van der Waals surface area contributed by atoms with Gasteiger partial charge in [-0.3, -0.25) is 0 Å². The molecule has 0 aromatic heterocycles. The van der Waals surface area contributed by atoms with E-state index in [1.54, 1.807) is 0 Å². The second-order valence-corrected chi connectivity index (χ2v) is 12.4. The Morgan fingerprint density at radius 3 is 1.50 bits per heavy atom. The van der Waals surface area contributed by atoms with Crippen molar-refractivity contribution in [1.29, 1.82) is 0 Å². The lowest BCUT2D eigenvalue weighted by molar-refractivity contribution is 0.566. The molecule has 0 rings (SSSR count). The molecule has 0 spiro atoms. The van der Waals surface area contributed by atoms with Crippen LogP contribution in [0.25, 0.3) is 0 Å². The van der Waals surface area contributed by atoms with E-state index in [9.17, 15) is 0 Å². The largest absolute Gasteiger partial charge is 0.330 e. The maximum Gasteiger partial charge on any atom is 0.150 e. The summed E-state index contributed by atoms with van der Waals surface area (Å²) in [6, 6.07) is 1.28. The van der Waals surface area contributed by atoms with Crippen molar-refractivity contribution in [2.45, 2.75) is 76.9 Å². The number of halogens is 1. The SMILES string of the molecule is C[Si](C)(Cl)CCCCCCCCCCCN. The van der Waals surface area contributed by atoms with Crippen molar-refractivity contribution in [2.24, 2.45) is 5.73 Å². The fourth-order valence-corrected chi connectivity index (χ4v) is 3.42. The van der Waals surface area contributed by atoms with Crippen LogP contribution in [-0.4, -0.2) is 13.9 Å². The average Bonchev–Trinajstić information content (AvgIpc) is 2.19. The molecule has 0 fully saturated rings. The van der Waals surface area contributed by atoms with Crippen molar-refractivity contribution >= 4 is 18.5 Å². The van der Waals surface area contributed by atoms with Crippen molar-refractivity contribution < 1.29 is 0 Å². The number of unbranched alkanes of at least 4 members (excludes halogenated alkanes) is 8. The van der Waals surface area contributed by atoms with E-state index in [4.69, 9.17) is 16.8 Å². The predicted molar refractivity (Wildman–Crippen MR) is 78.7 cm³/mol. The summed E-state index contributed by atoms with van der Waals surface area (Å²) in [7, 11) is -1.29. The molecule has 0 bridgehead atoms. The lowest BCUT2D eigenvalue weighted by Gasteiger charge is -2.11. The normalized spacial score (nSPS) is 12.0. The molecule has 1 nitrogen and oxygen atoms in total. The molecule has 0 unspecified atom stereocenters. The van der Waals surface area contributed by atoms with Gasteiger partial charge in [-0.1, -0.05) is 64.5 Å². The first kappa shape index (κ1) is 16.5. The summed E-state index contributed by atoms with van der Waals surface area (Å²) < 4.78 is 0.